The zero-order valence-electron chi connectivity index (χ0n) is 20.1. The third-order valence-electron chi connectivity index (χ3n) is 5.34. The Balaban J connectivity index is 1.51. The number of carbonyl (C=O) groups excluding carboxylic acids is 1. The number of para-hydroxylation sites is 1. The predicted octanol–water partition coefficient (Wildman–Crippen LogP) is 6.78. The van der Waals surface area contributed by atoms with E-state index in [2.05, 4.69) is 65.8 Å². The van der Waals surface area contributed by atoms with E-state index in [4.69, 9.17) is 23.2 Å². The summed E-state index contributed by atoms with van der Waals surface area (Å²) in [7, 11) is 0. The first-order chi connectivity index (χ1) is 17.2. The number of aromatic nitrogens is 3. The second kappa shape index (κ2) is 11.3. The maximum Gasteiger partial charge on any atom is 0.250 e. The van der Waals surface area contributed by atoms with E-state index in [0.29, 0.717) is 21.0 Å². The summed E-state index contributed by atoms with van der Waals surface area (Å²) in [4.78, 5) is 12.4. The fourth-order valence-electron chi connectivity index (χ4n) is 3.41. The van der Waals surface area contributed by atoms with Gasteiger partial charge in [0.15, 0.2) is 11.0 Å². The zero-order chi connectivity index (χ0) is 25.7. The second-order valence-electron chi connectivity index (χ2n) is 9.06. The summed E-state index contributed by atoms with van der Waals surface area (Å²) < 4.78 is 1.96. The molecule has 0 bridgehead atoms. The molecule has 0 aliphatic carbocycles. The zero-order valence-corrected chi connectivity index (χ0v) is 22.4. The SMILES string of the molecule is CC(C)(C)c1ccc(-c2nnc(SCC(=O)NN=Cc3ccc(Cl)c(Cl)c3)n2-c2ccccc2)cc1. The summed E-state index contributed by atoms with van der Waals surface area (Å²) >= 11 is 13.2. The number of thioether (sulfide) groups is 1. The molecule has 0 aliphatic rings. The van der Waals surface area contributed by atoms with Crippen molar-refractivity contribution in [2.24, 2.45) is 5.10 Å². The topological polar surface area (TPSA) is 72.2 Å². The smallest absolute Gasteiger partial charge is 0.250 e. The van der Waals surface area contributed by atoms with E-state index in [0.717, 1.165) is 16.8 Å². The Morgan fingerprint density at radius 3 is 2.39 bits per heavy atom. The van der Waals surface area contributed by atoms with Crippen LogP contribution < -0.4 is 5.43 Å². The van der Waals surface area contributed by atoms with E-state index in [1.165, 1.54) is 23.5 Å². The molecule has 1 aromatic heterocycles. The van der Waals surface area contributed by atoms with E-state index >= 15 is 0 Å². The molecule has 0 aliphatic heterocycles. The van der Waals surface area contributed by atoms with Crippen LogP contribution in [-0.4, -0.2) is 32.6 Å². The van der Waals surface area contributed by atoms with Crippen LogP contribution in [0.2, 0.25) is 10.0 Å². The Bertz CT molecular complexity index is 1380. The number of nitrogens with zero attached hydrogens (tertiary/aromatic N) is 4. The highest BCUT2D eigenvalue weighted by Gasteiger charge is 2.19. The minimum Gasteiger partial charge on any atom is -0.272 e. The van der Waals surface area contributed by atoms with E-state index in [1.807, 2.05) is 34.9 Å². The lowest BCUT2D eigenvalue weighted by atomic mass is 9.87. The molecule has 1 N–H and O–H groups in total. The molecule has 0 saturated carbocycles. The van der Waals surface area contributed by atoms with Gasteiger partial charge in [0.25, 0.3) is 5.91 Å². The van der Waals surface area contributed by atoms with Gasteiger partial charge in [-0.1, -0.05) is 104 Å². The van der Waals surface area contributed by atoms with Crippen molar-refractivity contribution < 1.29 is 4.79 Å². The van der Waals surface area contributed by atoms with Crippen LogP contribution in [0.3, 0.4) is 0 Å². The number of hydrogen-bond acceptors (Lipinski definition) is 5. The van der Waals surface area contributed by atoms with Crippen LogP contribution in [0, 0.1) is 0 Å². The minimum atomic E-state index is -0.269. The van der Waals surface area contributed by atoms with Gasteiger partial charge >= 0.3 is 0 Å². The standard InChI is InChI=1S/C27H25Cl2N5OS/c1-27(2,3)20-12-10-19(11-13-20)25-32-33-26(34(25)21-7-5-4-6-8-21)36-17-24(35)31-30-16-18-9-14-22(28)23(29)15-18/h4-16H,17H2,1-3H3,(H,31,35). The Hall–Kier alpha value is -3.13. The molecular formula is C27H25Cl2N5OS. The molecule has 0 unspecified atom stereocenters. The number of carbonyl (C=O) groups is 1. The van der Waals surface area contributed by atoms with Crippen molar-refractivity contribution in [1.29, 1.82) is 0 Å². The second-order valence-corrected chi connectivity index (χ2v) is 10.8. The Labute approximate surface area is 224 Å². The third-order valence-corrected chi connectivity index (χ3v) is 7.00. The lowest BCUT2D eigenvalue weighted by Crippen LogP contribution is -2.20. The first-order valence-corrected chi connectivity index (χ1v) is 13.0. The van der Waals surface area contributed by atoms with Gasteiger partial charge in [-0.15, -0.1) is 10.2 Å². The van der Waals surface area contributed by atoms with Gasteiger partial charge in [0.05, 0.1) is 22.0 Å². The average Bonchev–Trinajstić information content (AvgIpc) is 3.29. The summed E-state index contributed by atoms with van der Waals surface area (Å²) in [5.41, 5.74) is 6.41. The normalized spacial score (nSPS) is 11.7. The van der Waals surface area contributed by atoms with Gasteiger partial charge in [-0.3, -0.25) is 9.36 Å². The Morgan fingerprint density at radius 2 is 1.72 bits per heavy atom. The van der Waals surface area contributed by atoms with Gasteiger partial charge in [-0.25, -0.2) is 5.43 Å². The average molecular weight is 539 g/mol. The van der Waals surface area contributed by atoms with Crippen LogP contribution in [-0.2, 0) is 10.2 Å². The van der Waals surface area contributed by atoms with Crippen LogP contribution in [0.15, 0.2) is 83.1 Å². The number of benzene rings is 3. The largest absolute Gasteiger partial charge is 0.272 e. The summed E-state index contributed by atoms with van der Waals surface area (Å²) in [5, 5.41) is 14.3. The van der Waals surface area contributed by atoms with Crippen LogP contribution >= 0.6 is 35.0 Å². The van der Waals surface area contributed by atoms with Crippen molar-refractivity contribution in [3.8, 4) is 17.1 Å². The highest BCUT2D eigenvalue weighted by molar-refractivity contribution is 7.99. The molecule has 3 aromatic carbocycles. The maximum absolute atomic E-state index is 12.4. The highest BCUT2D eigenvalue weighted by atomic mass is 35.5. The van der Waals surface area contributed by atoms with Crippen molar-refractivity contribution >= 4 is 47.1 Å². The number of hydrazone groups is 1. The van der Waals surface area contributed by atoms with Crippen LogP contribution in [0.1, 0.15) is 31.9 Å². The van der Waals surface area contributed by atoms with Crippen molar-refractivity contribution in [1.82, 2.24) is 20.2 Å². The molecule has 184 valence electrons. The molecule has 0 spiro atoms. The van der Waals surface area contributed by atoms with Gasteiger partial charge in [0.1, 0.15) is 0 Å². The fourth-order valence-corrected chi connectivity index (χ4v) is 4.46. The molecule has 6 nitrogen and oxygen atoms in total. The molecule has 4 aromatic rings. The number of rotatable bonds is 7. The maximum atomic E-state index is 12.4. The number of nitrogens with one attached hydrogen (secondary N) is 1. The molecule has 4 rings (SSSR count). The quantitative estimate of drug-likeness (QED) is 0.160. The molecule has 1 amide bonds. The van der Waals surface area contributed by atoms with E-state index < -0.39 is 0 Å². The summed E-state index contributed by atoms with van der Waals surface area (Å²) in [6, 6.07) is 23.3. The lowest BCUT2D eigenvalue weighted by molar-refractivity contribution is -0.118. The molecule has 0 radical (unpaired) electrons. The molecule has 0 fully saturated rings. The predicted molar refractivity (Wildman–Crippen MR) is 148 cm³/mol. The first-order valence-electron chi connectivity index (χ1n) is 11.2. The van der Waals surface area contributed by atoms with E-state index in [9.17, 15) is 4.79 Å². The van der Waals surface area contributed by atoms with Gasteiger partial charge in [-0.2, -0.15) is 5.10 Å². The van der Waals surface area contributed by atoms with Crippen LogP contribution in [0.5, 0.6) is 0 Å². The van der Waals surface area contributed by atoms with E-state index in [-0.39, 0.29) is 17.1 Å². The molecular weight excluding hydrogens is 513 g/mol. The summed E-state index contributed by atoms with van der Waals surface area (Å²) in [6.45, 7) is 6.55. The van der Waals surface area contributed by atoms with Gasteiger partial charge in [0.2, 0.25) is 0 Å². The number of hydrogen-bond donors (Lipinski definition) is 1. The lowest BCUT2D eigenvalue weighted by Gasteiger charge is -2.19. The van der Waals surface area contributed by atoms with Crippen molar-refractivity contribution in [3.05, 3.63) is 94.0 Å². The summed E-state index contributed by atoms with van der Waals surface area (Å²) in [6.07, 6.45) is 1.51. The summed E-state index contributed by atoms with van der Waals surface area (Å²) in [5.74, 6) is 0.560. The van der Waals surface area contributed by atoms with Crippen molar-refractivity contribution in [2.75, 3.05) is 5.75 Å². The van der Waals surface area contributed by atoms with Crippen molar-refractivity contribution in [2.45, 2.75) is 31.3 Å². The molecule has 0 atom stereocenters. The Kier molecular flexibility index (Phi) is 8.14. The third kappa shape index (κ3) is 6.35. The van der Waals surface area contributed by atoms with Gasteiger partial charge in [0, 0.05) is 11.3 Å². The highest BCUT2D eigenvalue weighted by Crippen LogP contribution is 2.30. The van der Waals surface area contributed by atoms with E-state index in [1.54, 1.807) is 18.2 Å². The minimum absolute atomic E-state index is 0.0578. The molecule has 36 heavy (non-hydrogen) atoms. The van der Waals surface area contributed by atoms with Gasteiger partial charge in [-0.05, 0) is 40.8 Å². The molecule has 9 heteroatoms. The van der Waals surface area contributed by atoms with Gasteiger partial charge < -0.3 is 0 Å². The first kappa shape index (κ1) is 25.9. The van der Waals surface area contributed by atoms with Crippen LogP contribution in [0.4, 0.5) is 0 Å². The molecule has 1 heterocycles. The van der Waals surface area contributed by atoms with Crippen LogP contribution in [0.25, 0.3) is 17.1 Å². The number of halogens is 2. The van der Waals surface area contributed by atoms with Crippen molar-refractivity contribution in [3.63, 3.8) is 0 Å². The monoisotopic (exact) mass is 537 g/mol. The molecule has 0 saturated heterocycles. The Morgan fingerprint density at radius 1 is 1.00 bits per heavy atom. The fraction of sp³-hybridized carbons (Fsp3) is 0.185. The number of amides is 1.